The number of hydrogen-bond acceptors (Lipinski definition) is 4. The molecule has 0 aromatic heterocycles. The van der Waals surface area contributed by atoms with E-state index in [1.807, 2.05) is 44.2 Å². The molecule has 0 aliphatic carbocycles. The molecule has 3 rings (SSSR count). The number of nitrogens with one attached hydrogen (secondary N) is 1. The topological polar surface area (TPSA) is 67.6 Å². The van der Waals surface area contributed by atoms with Gasteiger partial charge in [0.1, 0.15) is 0 Å². The van der Waals surface area contributed by atoms with Crippen LogP contribution in [0.4, 0.5) is 17.1 Å². The molecule has 2 aromatic rings. The maximum Gasteiger partial charge on any atom is 0.255 e. The molecule has 1 amide bonds. The van der Waals surface area contributed by atoms with E-state index < -0.39 is 0 Å². The number of morpholine rings is 1. The van der Waals surface area contributed by atoms with E-state index in [9.17, 15) is 4.79 Å². The maximum atomic E-state index is 12.5. The van der Waals surface area contributed by atoms with Gasteiger partial charge < -0.3 is 20.7 Å². The third kappa shape index (κ3) is 3.51. The van der Waals surface area contributed by atoms with Crippen LogP contribution in [0.2, 0.25) is 0 Å². The quantitative estimate of drug-likeness (QED) is 0.851. The molecule has 5 heteroatoms. The van der Waals surface area contributed by atoms with E-state index >= 15 is 0 Å². The van der Waals surface area contributed by atoms with Crippen molar-refractivity contribution in [2.45, 2.75) is 13.8 Å². The summed E-state index contributed by atoms with van der Waals surface area (Å²) in [6, 6.07) is 11.4. The molecule has 0 radical (unpaired) electrons. The van der Waals surface area contributed by atoms with Crippen molar-refractivity contribution in [3.05, 3.63) is 53.1 Å². The van der Waals surface area contributed by atoms with Gasteiger partial charge in [-0.25, -0.2) is 0 Å². The highest BCUT2D eigenvalue weighted by molar-refractivity contribution is 6.06. The molecular weight excluding hydrogens is 302 g/mol. The highest BCUT2D eigenvalue weighted by Gasteiger charge is 2.16. The minimum absolute atomic E-state index is 0.151. The summed E-state index contributed by atoms with van der Waals surface area (Å²) in [7, 11) is 0. The number of carbonyl (C=O) groups excluding carboxylic acids is 1. The van der Waals surface area contributed by atoms with Crippen LogP contribution in [-0.2, 0) is 4.74 Å². The third-order valence-corrected chi connectivity index (χ3v) is 4.25. The van der Waals surface area contributed by atoms with E-state index in [0.29, 0.717) is 16.9 Å². The fourth-order valence-corrected chi connectivity index (χ4v) is 2.95. The Balaban J connectivity index is 1.86. The second-order valence-electron chi connectivity index (χ2n) is 6.15. The molecule has 5 nitrogen and oxygen atoms in total. The summed E-state index contributed by atoms with van der Waals surface area (Å²) in [6.45, 7) is 7.12. The van der Waals surface area contributed by atoms with Crippen LogP contribution in [0.5, 0.6) is 0 Å². The van der Waals surface area contributed by atoms with Crippen molar-refractivity contribution in [1.82, 2.24) is 0 Å². The number of nitrogens with zero attached hydrogens (tertiary/aromatic N) is 1. The molecule has 126 valence electrons. The average Bonchev–Trinajstić information content (AvgIpc) is 2.58. The Morgan fingerprint density at radius 2 is 1.92 bits per heavy atom. The van der Waals surface area contributed by atoms with Crippen molar-refractivity contribution in [2.24, 2.45) is 0 Å². The Morgan fingerprint density at radius 3 is 2.62 bits per heavy atom. The van der Waals surface area contributed by atoms with Gasteiger partial charge in [-0.3, -0.25) is 4.79 Å². The second-order valence-corrected chi connectivity index (χ2v) is 6.15. The zero-order valence-corrected chi connectivity index (χ0v) is 14.1. The lowest BCUT2D eigenvalue weighted by Crippen LogP contribution is -2.36. The van der Waals surface area contributed by atoms with Crippen molar-refractivity contribution in [1.29, 1.82) is 0 Å². The molecule has 1 aliphatic rings. The van der Waals surface area contributed by atoms with Crippen LogP contribution in [0.3, 0.4) is 0 Å². The summed E-state index contributed by atoms with van der Waals surface area (Å²) < 4.78 is 5.41. The molecule has 3 N–H and O–H groups in total. The number of hydrogen-bond donors (Lipinski definition) is 2. The minimum Gasteiger partial charge on any atom is -0.397 e. The number of amides is 1. The van der Waals surface area contributed by atoms with Gasteiger partial charge in [0.05, 0.1) is 24.6 Å². The fraction of sp³-hybridized carbons (Fsp3) is 0.316. The Morgan fingerprint density at radius 1 is 1.17 bits per heavy atom. The molecule has 0 atom stereocenters. The van der Waals surface area contributed by atoms with Gasteiger partial charge in [0.25, 0.3) is 5.91 Å². The zero-order valence-electron chi connectivity index (χ0n) is 14.1. The van der Waals surface area contributed by atoms with Crippen molar-refractivity contribution in [3.63, 3.8) is 0 Å². The maximum absolute atomic E-state index is 12.5. The number of anilines is 3. The van der Waals surface area contributed by atoms with Crippen molar-refractivity contribution in [3.8, 4) is 0 Å². The van der Waals surface area contributed by atoms with E-state index in [0.717, 1.165) is 43.1 Å². The summed E-state index contributed by atoms with van der Waals surface area (Å²) in [6.07, 6.45) is 0. The van der Waals surface area contributed by atoms with Crippen LogP contribution in [0.25, 0.3) is 0 Å². The van der Waals surface area contributed by atoms with Crippen molar-refractivity contribution in [2.75, 3.05) is 42.3 Å². The summed E-state index contributed by atoms with van der Waals surface area (Å²) >= 11 is 0. The lowest BCUT2D eigenvalue weighted by Gasteiger charge is -2.30. The first-order valence-corrected chi connectivity index (χ1v) is 8.15. The predicted octanol–water partition coefficient (Wildman–Crippen LogP) is 2.97. The van der Waals surface area contributed by atoms with Crippen molar-refractivity contribution < 1.29 is 9.53 Å². The standard InChI is InChI=1S/C19H23N3O2/c1-13-4-3-5-15(10-13)19(23)21-17-12-18(14(2)11-16(17)20)22-6-8-24-9-7-22/h3-5,10-12H,6-9,20H2,1-2H3,(H,21,23). The highest BCUT2D eigenvalue weighted by atomic mass is 16.5. The number of nitrogen functional groups attached to an aromatic ring is 1. The minimum atomic E-state index is -0.151. The summed E-state index contributed by atoms with van der Waals surface area (Å²) in [5, 5.41) is 2.94. The predicted molar refractivity (Wildman–Crippen MR) is 97.8 cm³/mol. The number of nitrogens with two attached hydrogens (primary N) is 1. The largest absolute Gasteiger partial charge is 0.397 e. The SMILES string of the molecule is Cc1cccc(C(=O)Nc2cc(N3CCOCC3)c(C)cc2N)c1. The molecule has 2 aromatic carbocycles. The number of rotatable bonds is 3. The first-order chi connectivity index (χ1) is 11.5. The van der Waals surface area contributed by atoms with E-state index in [4.69, 9.17) is 10.5 Å². The van der Waals surface area contributed by atoms with Gasteiger partial charge in [0.15, 0.2) is 0 Å². The lowest BCUT2D eigenvalue weighted by atomic mass is 10.1. The Kier molecular flexibility index (Phi) is 4.71. The van der Waals surface area contributed by atoms with Gasteiger partial charge in [-0.2, -0.15) is 0 Å². The monoisotopic (exact) mass is 325 g/mol. The highest BCUT2D eigenvalue weighted by Crippen LogP contribution is 2.30. The average molecular weight is 325 g/mol. The molecular formula is C19H23N3O2. The Bertz CT molecular complexity index is 752. The smallest absolute Gasteiger partial charge is 0.255 e. The molecule has 1 aliphatic heterocycles. The normalized spacial score (nSPS) is 14.5. The van der Waals surface area contributed by atoms with Crippen LogP contribution >= 0.6 is 0 Å². The van der Waals surface area contributed by atoms with Crippen LogP contribution < -0.4 is 16.0 Å². The van der Waals surface area contributed by atoms with Gasteiger partial charge in [-0.15, -0.1) is 0 Å². The molecule has 0 saturated carbocycles. The third-order valence-electron chi connectivity index (χ3n) is 4.25. The zero-order chi connectivity index (χ0) is 17.1. The summed E-state index contributed by atoms with van der Waals surface area (Å²) in [5.74, 6) is -0.151. The summed E-state index contributed by atoms with van der Waals surface area (Å²) in [4.78, 5) is 14.8. The van der Waals surface area contributed by atoms with Crippen molar-refractivity contribution >= 4 is 23.0 Å². The number of benzene rings is 2. The molecule has 24 heavy (non-hydrogen) atoms. The van der Waals surface area contributed by atoms with E-state index in [1.165, 1.54) is 0 Å². The molecule has 1 saturated heterocycles. The van der Waals surface area contributed by atoms with E-state index in [1.54, 1.807) is 6.07 Å². The Hall–Kier alpha value is -2.53. The first-order valence-electron chi connectivity index (χ1n) is 8.15. The van der Waals surface area contributed by atoms with Crippen LogP contribution in [0.15, 0.2) is 36.4 Å². The van der Waals surface area contributed by atoms with Gasteiger partial charge >= 0.3 is 0 Å². The number of ether oxygens (including phenoxy) is 1. The molecule has 0 bridgehead atoms. The van der Waals surface area contributed by atoms with Crippen LogP contribution in [0.1, 0.15) is 21.5 Å². The molecule has 0 unspecified atom stereocenters. The number of carbonyl (C=O) groups is 1. The second kappa shape index (κ2) is 6.93. The Labute approximate surface area is 142 Å². The van der Waals surface area contributed by atoms with Gasteiger partial charge in [-0.05, 0) is 43.7 Å². The first kappa shape index (κ1) is 16.3. The van der Waals surface area contributed by atoms with Crippen LogP contribution in [-0.4, -0.2) is 32.2 Å². The molecule has 1 fully saturated rings. The molecule has 0 spiro atoms. The van der Waals surface area contributed by atoms with Gasteiger partial charge in [0, 0.05) is 24.3 Å². The van der Waals surface area contributed by atoms with E-state index in [-0.39, 0.29) is 5.91 Å². The lowest BCUT2D eigenvalue weighted by molar-refractivity contribution is 0.102. The van der Waals surface area contributed by atoms with Gasteiger partial charge in [0.2, 0.25) is 0 Å². The van der Waals surface area contributed by atoms with Crippen LogP contribution in [0, 0.1) is 13.8 Å². The molecule has 1 heterocycles. The fourth-order valence-electron chi connectivity index (χ4n) is 2.95. The van der Waals surface area contributed by atoms with Gasteiger partial charge in [-0.1, -0.05) is 17.7 Å². The summed E-state index contributed by atoms with van der Waals surface area (Å²) in [5.41, 5.74) is 11.2. The number of aryl methyl sites for hydroxylation is 2. The van der Waals surface area contributed by atoms with E-state index in [2.05, 4.69) is 10.2 Å².